The maximum atomic E-state index is 14.3. The van der Waals surface area contributed by atoms with E-state index in [2.05, 4.69) is 20.0 Å². The molecule has 3 saturated heterocycles. The molecule has 1 N–H and O–H groups in total. The van der Waals surface area contributed by atoms with Gasteiger partial charge in [-0.3, -0.25) is 38.8 Å². The molecule has 258 valence electrons. The van der Waals surface area contributed by atoms with E-state index in [0.717, 1.165) is 71.7 Å². The lowest BCUT2D eigenvalue weighted by Crippen LogP contribution is -2.45. The Hall–Kier alpha value is -3.42. The van der Waals surface area contributed by atoms with E-state index in [1.54, 1.807) is 18.2 Å². The fourth-order valence-corrected chi connectivity index (χ4v) is 7.86. The van der Waals surface area contributed by atoms with Crippen LogP contribution in [0.4, 0.5) is 5.69 Å². The topological polar surface area (TPSA) is 115 Å². The summed E-state index contributed by atoms with van der Waals surface area (Å²) in [6.07, 6.45) is 5.77. The van der Waals surface area contributed by atoms with Crippen molar-refractivity contribution in [1.82, 2.24) is 24.5 Å². The summed E-state index contributed by atoms with van der Waals surface area (Å²) in [5.41, 5.74) is 2.06. The normalized spacial score (nSPS) is 20.8. The zero-order chi connectivity index (χ0) is 33.0. The van der Waals surface area contributed by atoms with Gasteiger partial charge in [0.1, 0.15) is 0 Å². The van der Waals surface area contributed by atoms with Crippen molar-refractivity contribution >= 4 is 40.1 Å². The fourth-order valence-electron chi connectivity index (χ4n) is 7.86. The highest BCUT2D eigenvalue weighted by molar-refractivity contribution is 6.34. The summed E-state index contributed by atoms with van der Waals surface area (Å²) in [7, 11) is 0. The van der Waals surface area contributed by atoms with E-state index in [1.807, 2.05) is 0 Å². The van der Waals surface area contributed by atoms with Crippen molar-refractivity contribution in [3.05, 3.63) is 40.5 Å². The largest absolute Gasteiger partial charge is 0.384 e. The molecule has 0 spiro atoms. The van der Waals surface area contributed by atoms with E-state index < -0.39 is 0 Å². The Bertz CT molecular complexity index is 1550. The molecule has 0 radical (unpaired) electrons. The van der Waals surface area contributed by atoms with Gasteiger partial charge in [0.15, 0.2) is 0 Å². The predicted molar refractivity (Wildman–Crippen MR) is 182 cm³/mol. The second-order valence-electron chi connectivity index (χ2n) is 13.6. The Labute approximate surface area is 282 Å². The number of carbonyl (C=O) groups excluding carboxylic acids is 4. The van der Waals surface area contributed by atoms with E-state index in [1.165, 1.54) is 22.6 Å². The number of likely N-dealkylation sites (tertiary alicyclic amines) is 1. The second-order valence-corrected chi connectivity index (χ2v) is 13.6. The fraction of sp³-hybridized carbons (Fsp3) is 0.611. The van der Waals surface area contributed by atoms with Gasteiger partial charge in [-0.05, 0) is 76.4 Å². The minimum absolute atomic E-state index is 0.295. The molecule has 5 aliphatic rings. The molecule has 2 aromatic rings. The van der Waals surface area contributed by atoms with E-state index >= 15 is 0 Å². The third-order valence-electron chi connectivity index (χ3n) is 10.5. The molecule has 4 amide bonds. The molecule has 0 aromatic heterocycles. The molecule has 12 nitrogen and oxygen atoms in total. The van der Waals surface area contributed by atoms with Gasteiger partial charge < -0.3 is 19.7 Å². The zero-order valence-electron chi connectivity index (χ0n) is 28.0. The van der Waals surface area contributed by atoms with Gasteiger partial charge in [-0.15, -0.1) is 0 Å². The molecule has 0 saturated carbocycles. The molecule has 0 unspecified atom stereocenters. The Morgan fingerprint density at radius 1 is 0.542 bits per heavy atom. The molecule has 5 heterocycles. The van der Waals surface area contributed by atoms with E-state index in [4.69, 9.17) is 9.47 Å². The number of amides is 4. The molecule has 12 heteroatoms. The van der Waals surface area contributed by atoms with Crippen molar-refractivity contribution in [2.75, 3.05) is 110 Å². The minimum atomic E-state index is -0.373. The molecule has 2 aromatic carbocycles. The first-order valence-corrected chi connectivity index (χ1v) is 17.9. The van der Waals surface area contributed by atoms with Crippen molar-refractivity contribution in [2.24, 2.45) is 0 Å². The highest BCUT2D eigenvalue weighted by Crippen LogP contribution is 2.41. The quantitative estimate of drug-likeness (QED) is 0.240. The maximum Gasteiger partial charge on any atom is 0.263 e. The lowest BCUT2D eigenvalue weighted by Gasteiger charge is -2.34. The Kier molecular flexibility index (Phi) is 10.3. The number of rotatable bonds is 14. The average Bonchev–Trinajstić information content (AvgIpc) is 3.63. The number of morpholine rings is 2. The van der Waals surface area contributed by atoms with Crippen molar-refractivity contribution < 1.29 is 28.7 Å². The second kappa shape index (κ2) is 15.0. The number of nitrogens with zero attached hydrogens (tertiary/aromatic N) is 5. The van der Waals surface area contributed by atoms with Crippen molar-refractivity contribution in [3.63, 3.8) is 0 Å². The smallest absolute Gasteiger partial charge is 0.263 e. The number of ether oxygens (including phenoxy) is 2. The van der Waals surface area contributed by atoms with E-state index in [0.29, 0.717) is 97.6 Å². The summed E-state index contributed by atoms with van der Waals surface area (Å²) < 4.78 is 10.9. The molecule has 48 heavy (non-hydrogen) atoms. The highest BCUT2D eigenvalue weighted by atomic mass is 16.5. The van der Waals surface area contributed by atoms with Crippen LogP contribution in [0.2, 0.25) is 0 Å². The number of anilines is 1. The average molecular weight is 661 g/mol. The molecule has 5 aliphatic heterocycles. The minimum Gasteiger partial charge on any atom is -0.384 e. The molecule has 0 bridgehead atoms. The number of carbonyl (C=O) groups is 4. The molecule has 0 atom stereocenters. The van der Waals surface area contributed by atoms with Gasteiger partial charge >= 0.3 is 0 Å². The van der Waals surface area contributed by atoms with Gasteiger partial charge in [0.2, 0.25) is 0 Å². The SMILES string of the molecule is O=C1c2ccc3c4c(c(NCCCCN5CCCC5)cc(c24)C(=O)N1CCCN1CCOCC1)C(=O)N(CCCN1CCOCC1)C3=O. The van der Waals surface area contributed by atoms with Gasteiger partial charge in [-0.1, -0.05) is 0 Å². The Balaban J connectivity index is 1.15. The van der Waals surface area contributed by atoms with Crippen LogP contribution in [0.3, 0.4) is 0 Å². The van der Waals surface area contributed by atoms with Crippen LogP contribution in [0.25, 0.3) is 10.8 Å². The monoisotopic (exact) mass is 660 g/mol. The predicted octanol–water partition coefficient (Wildman–Crippen LogP) is 2.76. The number of unbranched alkanes of at least 4 members (excludes halogenated alkanes) is 1. The first-order chi connectivity index (χ1) is 23.5. The van der Waals surface area contributed by atoms with E-state index in [-0.39, 0.29) is 23.6 Å². The van der Waals surface area contributed by atoms with Crippen LogP contribution >= 0.6 is 0 Å². The maximum absolute atomic E-state index is 14.3. The summed E-state index contributed by atoms with van der Waals surface area (Å²) in [6, 6.07) is 5.10. The van der Waals surface area contributed by atoms with Gasteiger partial charge in [0.25, 0.3) is 23.6 Å². The summed E-state index contributed by atoms with van der Waals surface area (Å²) in [6.45, 7) is 12.3. The van der Waals surface area contributed by atoms with Crippen LogP contribution in [0, 0.1) is 0 Å². The number of nitrogens with one attached hydrogen (secondary N) is 1. The highest BCUT2D eigenvalue weighted by Gasteiger charge is 2.41. The molecule has 7 rings (SSSR count). The number of benzene rings is 2. The van der Waals surface area contributed by atoms with Crippen LogP contribution in [0.1, 0.15) is 80.0 Å². The number of imide groups is 2. The third-order valence-corrected chi connectivity index (χ3v) is 10.5. The van der Waals surface area contributed by atoms with Crippen molar-refractivity contribution in [2.45, 2.75) is 38.5 Å². The van der Waals surface area contributed by atoms with Gasteiger partial charge in [0, 0.05) is 86.5 Å². The third kappa shape index (κ3) is 6.73. The van der Waals surface area contributed by atoms with Crippen LogP contribution in [0.15, 0.2) is 18.2 Å². The van der Waals surface area contributed by atoms with Gasteiger partial charge in [-0.25, -0.2) is 0 Å². The van der Waals surface area contributed by atoms with Crippen LogP contribution < -0.4 is 5.32 Å². The lowest BCUT2D eigenvalue weighted by molar-refractivity contribution is 0.0351. The van der Waals surface area contributed by atoms with E-state index in [9.17, 15) is 19.2 Å². The molecule has 3 fully saturated rings. The summed E-state index contributed by atoms with van der Waals surface area (Å²) >= 11 is 0. The van der Waals surface area contributed by atoms with Crippen LogP contribution in [-0.2, 0) is 9.47 Å². The summed E-state index contributed by atoms with van der Waals surface area (Å²) in [4.78, 5) is 65.9. The summed E-state index contributed by atoms with van der Waals surface area (Å²) in [5.74, 6) is -1.49. The Morgan fingerprint density at radius 2 is 1.04 bits per heavy atom. The molecular formula is C36H48N6O6. The molecular weight excluding hydrogens is 612 g/mol. The first kappa shape index (κ1) is 33.1. The van der Waals surface area contributed by atoms with Crippen molar-refractivity contribution in [1.29, 1.82) is 0 Å². The van der Waals surface area contributed by atoms with Gasteiger partial charge in [-0.2, -0.15) is 0 Å². The lowest BCUT2D eigenvalue weighted by atomic mass is 9.84. The molecule has 0 aliphatic carbocycles. The number of hydrogen-bond donors (Lipinski definition) is 1. The Morgan fingerprint density at radius 3 is 1.65 bits per heavy atom. The summed E-state index contributed by atoms with van der Waals surface area (Å²) in [5, 5.41) is 4.35. The van der Waals surface area contributed by atoms with Crippen molar-refractivity contribution in [3.8, 4) is 0 Å². The standard InChI is InChI=1S/C36H48N6O6/c43-33-26-7-8-27-31-30(26)28(35(45)41(33)15-5-13-39-17-21-47-22-18-39)25-29(37-9-1-2-10-38-11-3-4-12-38)32(31)36(46)42(34(27)44)16-6-14-40-19-23-48-24-20-40/h7-8,25,37H,1-6,9-24H2. The number of hydrogen-bond acceptors (Lipinski definition) is 10. The zero-order valence-corrected chi connectivity index (χ0v) is 28.0. The van der Waals surface area contributed by atoms with Crippen LogP contribution in [-0.4, -0.2) is 153 Å². The van der Waals surface area contributed by atoms with Gasteiger partial charge in [0.05, 0.1) is 37.6 Å². The first-order valence-electron chi connectivity index (χ1n) is 17.9. The van der Waals surface area contributed by atoms with Crippen LogP contribution in [0.5, 0.6) is 0 Å².